The van der Waals surface area contributed by atoms with Crippen LogP contribution >= 0.6 is 0 Å². The van der Waals surface area contributed by atoms with Crippen molar-refractivity contribution < 1.29 is 9.59 Å². The number of benzene rings is 2. The van der Waals surface area contributed by atoms with E-state index in [4.69, 9.17) is 11.5 Å². The molecule has 2 amide bonds. The predicted molar refractivity (Wildman–Crippen MR) is 102 cm³/mol. The zero-order chi connectivity index (χ0) is 18.4. The third-order valence-corrected chi connectivity index (χ3v) is 5.09. The Morgan fingerprint density at radius 3 is 2.50 bits per heavy atom. The second-order valence-electron chi connectivity index (χ2n) is 6.80. The maximum Gasteiger partial charge on any atom is 0.254 e. The average molecular weight is 351 g/mol. The van der Waals surface area contributed by atoms with E-state index in [1.54, 1.807) is 12.1 Å². The van der Waals surface area contributed by atoms with Gasteiger partial charge < -0.3 is 26.3 Å². The van der Waals surface area contributed by atoms with Gasteiger partial charge in [-0.3, -0.25) is 9.59 Å². The van der Waals surface area contributed by atoms with Gasteiger partial charge in [0, 0.05) is 53.7 Å². The number of likely N-dealkylation sites (N-methyl/N-ethyl adjacent to an activating group) is 1. The average Bonchev–Trinajstić information content (AvgIpc) is 3.01. The van der Waals surface area contributed by atoms with Gasteiger partial charge in [0.05, 0.1) is 11.1 Å². The molecule has 1 aliphatic heterocycles. The van der Waals surface area contributed by atoms with Gasteiger partial charge in [0.15, 0.2) is 0 Å². The number of hydrogen-bond donors (Lipinski definition) is 3. The summed E-state index contributed by atoms with van der Waals surface area (Å²) in [7, 11) is 2.05. The zero-order valence-corrected chi connectivity index (χ0v) is 14.6. The van der Waals surface area contributed by atoms with Crippen LogP contribution in [0.15, 0.2) is 30.3 Å². The monoisotopic (exact) mass is 351 g/mol. The first-order chi connectivity index (χ1) is 12.5. The number of amides is 2. The van der Waals surface area contributed by atoms with Crippen molar-refractivity contribution in [1.29, 1.82) is 0 Å². The summed E-state index contributed by atoms with van der Waals surface area (Å²) in [6.07, 6.45) is 0. The van der Waals surface area contributed by atoms with Gasteiger partial charge in [-0.25, -0.2) is 0 Å². The van der Waals surface area contributed by atoms with Crippen molar-refractivity contribution >= 4 is 39.3 Å². The molecule has 5 N–H and O–H groups in total. The van der Waals surface area contributed by atoms with Crippen LogP contribution < -0.4 is 11.5 Å². The Balaban J connectivity index is 1.79. The van der Waals surface area contributed by atoms with E-state index in [1.807, 2.05) is 23.1 Å². The van der Waals surface area contributed by atoms with Gasteiger partial charge in [-0.2, -0.15) is 0 Å². The number of nitrogens with zero attached hydrogens (tertiary/aromatic N) is 2. The number of carbonyl (C=O) groups excluding carboxylic acids is 2. The number of hydrogen-bond acceptors (Lipinski definition) is 4. The summed E-state index contributed by atoms with van der Waals surface area (Å²) in [5.41, 5.74) is 14.5. The SMILES string of the molecule is CN1CCN(C(=O)c2ccc3c(c2)[nH]c2c(C(N)=O)ccc(N)c23)CC1. The molecule has 0 unspecified atom stereocenters. The van der Waals surface area contributed by atoms with Crippen LogP contribution in [-0.4, -0.2) is 59.8 Å². The standard InChI is InChI=1S/C19H21N5O2/c1-23-6-8-24(9-7-23)19(26)11-2-3-12-15(10-11)22-17-13(18(21)25)4-5-14(20)16(12)17/h2-5,10,22H,6-9,20H2,1H3,(H2,21,25). The first-order valence-corrected chi connectivity index (χ1v) is 8.57. The summed E-state index contributed by atoms with van der Waals surface area (Å²) in [6, 6.07) is 8.80. The molecule has 1 saturated heterocycles. The highest BCUT2D eigenvalue weighted by molar-refractivity contribution is 6.19. The van der Waals surface area contributed by atoms with Crippen LogP contribution in [0.5, 0.6) is 0 Å². The molecule has 4 rings (SSSR count). The number of anilines is 1. The minimum atomic E-state index is -0.518. The number of nitrogen functional groups attached to an aromatic ring is 1. The molecular formula is C19H21N5O2. The number of primary amides is 1. The van der Waals surface area contributed by atoms with Gasteiger partial charge >= 0.3 is 0 Å². The van der Waals surface area contributed by atoms with Crippen LogP contribution in [-0.2, 0) is 0 Å². The van der Waals surface area contributed by atoms with Crippen molar-refractivity contribution in [1.82, 2.24) is 14.8 Å². The maximum absolute atomic E-state index is 12.8. The Labute approximate surface area is 150 Å². The molecule has 0 atom stereocenters. The van der Waals surface area contributed by atoms with Crippen LogP contribution in [0.3, 0.4) is 0 Å². The van der Waals surface area contributed by atoms with Crippen LogP contribution in [0.4, 0.5) is 5.69 Å². The molecule has 1 fully saturated rings. The number of fused-ring (bicyclic) bond motifs is 3. The number of H-pyrrole nitrogens is 1. The molecule has 0 bridgehead atoms. The second kappa shape index (κ2) is 6.03. The van der Waals surface area contributed by atoms with E-state index >= 15 is 0 Å². The Hall–Kier alpha value is -3.06. The van der Waals surface area contributed by atoms with E-state index in [-0.39, 0.29) is 5.91 Å². The minimum Gasteiger partial charge on any atom is -0.398 e. The number of piperazine rings is 1. The van der Waals surface area contributed by atoms with E-state index < -0.39 is 5.91 Å². The molecule has 7 heteroatoms. The molecule has 0 spiro atoms. The highest BCUT2D eigenvalue weighted by Gasteiger charge is 2.21. The van der Waals surface area contributed by atoms with E-state index in [0.717, 1.165) is 42.5 Å². The molecule has 2 heterocycles. The number of carbonyl (C=O) groups is 2. The zero-order valence-electron chi connectivity index (χ0n) is 14.6. The fourth-order valence-corrected chi connectivity index (χ4v) is 3.57. The number of rotatable bonds is 2. The van der Waals surface area contributed by atoms with Gasteiger partial charge in [0.2, 0.25) is 0 Å². The third-order valence-electron chi connectivity index (χ3n) is 5.09. The van der Waals surface area contributed by atoms with E-state index in [9.17, 15) is 9.59 Å². The lowest BCUT2D eigenvalue weighted by atomic mass is 10.1. The molecule has 0 aliphatic carbocycles. The fourth-order valence-electron chi connectivity index (χ4n) is 3.57. The quantitative estimate of drug-likeness (QED) is 0.606. The highest BCUT2D eigenvalue weighted by atomic mass is 16.2. The van der Waals surface area contributed by atoms with Crippen LogP contribution in [0.25, 0.3) is 21.8 Å². The Kier molecular flexibility index (Phi) is 3.81. The molecule has 3 aromatic rings. The molecule has 0 saturated carbocycles. The highest BCUT2D eigenvalue weighted by Crippen LogP contribution is 2.32. The van der Waals surface area contributed by atoms with Gasteiger partial charge in [0.1, 0.15) is 0 Å². The molecule has 1 aliphatic rings. The predicted octanol–water partition coefficient (Wildman–Crippen LogP) is 1.39. The Bertz CT molecular complexity index is 1030. The van der Waals surface area contributed by atoms with Crippen molar-refractivity contribution in [3.05, 3.63) is 41.5 Å². The molecular weight excluding hydrogens is 330 g/mol. The number of nitrogens with one attached hydrogen (secondary N) is 1. The Morgan fingerprint density at radius 1 is 1.08 bits per heavy atom. The van der Waals surface area contributed by atoms with Crippen molar-refractivity contribution in [3.8, 4) is 0 Å². The smallest absolute Gasteiger partial charge is 0.254 e. The first-order valence-electron chi connectivity index (χ1n) is 8.57. The largest absolute Gasteiger partial charge is 0.398 e. The lowest BCUT2D eigenvalue weighted by Crippen LogP contribution is -2.47. The van der Waals surface area contributed by atoms with E-state index in [0.29, 0.717) is 22.3 Å². The van der Waals surface area contributed by atoms with Gasteiger partial charge in [-0.05, 0) is 31.3 Å². The summed E-state index contributed by atoms with van der Waals surface area (Å²) in [5, 5.41) is 1.63. The summed E-state index contributed by atoms with van der Waals surface area (Å²) < 4.78 is 0. The van der Waals surface area contributed by atoms with Gasteiger partial charge in [-0.1, -0.05) is 6.07 Å². The lowest BCUT2D eigenvalue weighted by Gasteiger charge is -2.32. The third kappa shape index (κ3) is 2.57. The summed E-state index contributed by atoms with van der Waals surface area (Å²) in [5.74, 6) is -0.503. The van der Waals surface area contributed by atoms with E-state index in [1.165, 1.54) is 0 Å². The number of nitrogens with two attached hydrogens (primary N) is 2. The normalized spacial score (nSPS) is 15.7. The topological polar surface area (TPSA) is 108 Å². The molecule has 2 aromatic carbocycles. The maximum atomic E-state index is 12.8. The summed E-state index contributed by atoms with van der Waals surface area (Å²) in [6.45, 7) is 3.19. The molecule has 7 nitrogen and oxygen atoms in total. The van der Waals surface area contributed by atoms with Gasteiger partial charge in [-0.15, -0.1) is 0 Å². The number of aromatic nitrogens is 1. The minimum absolute atomic E-state index is 0.0155. The molecule has 1 aromatic heterocycles. The van der Waals surface area contributed by atoms with Crippen LogP contribution in [0, 0.1) is 0 Å². The van der Waals surface area contributed by atoms with Crippen LogP contribution in [0.1, 0.15) is 20.7 Å². The van der Waals surface area contributed by atoms with Crippen molar-refractivity contribution in [2.75, 3.05) is 39.0 Å². The van der Waals surface area contributed by atoms with Crippen LogP contribution in [0.2, 0.25) is 0 Å². The molecule has 134 valence electrons. The number of aromatic amines is 1. The summed E-state index contributed by atoms with van der Waals surface area (Å²) >= 11 is 0. The Morgan fingerprint density at radius 2 is 1.81 bits per heavy atom. The lowest BCUT2D eigenvalue weighted by molar-refractivity contribution is 0.0664. The van der Waals surface area contributed by atoms with Crippen molar-refractivity contribution in [2.24, 2.45) is 5.73 Å². The second-order valence-corrected chi connectivity index (χ2v) is 6.80. The summed E-state index contributed by atoms with van der Waals surface area (Å²) in [4.78, 5) is 31.8. The molecule has 0 radical (unpaired) electrons. The van der Waals surface area contributed by atoms with E-state index in [2.05, 4.69) is 16.9 Å². The fraction of sp³-hybridized carbons (Fsp3) is 0.263. The van der Waals surface area contributed by atoms with Crippen molar-refractivity contribution in [2.45, 2.75) is 0 Å². The molecule has 26 heavy (non-hydrogen) atoms. The van der Waals surface area contributed by atoms with Gasteiger partial charge in [0.25, 0.3) is 11.8 Å². The van der Waals surface area contributed by atoms with Crippen molar-refractivity contribution in [3.63, 3.8) is 0 Å². The first kappa shape index (κ1) is 16.4.